The molecule has 270 valence electrons. The quantitative estimate of drug-likeness (QED) is 0.163. The van der Waals surface area contributed by atoms with Crippen molar-refractivity contribution in [2.24, 2.45) is 0 Å². The SMILES string of the molecule is C1=CC2c3ccccc3N(c3ccccc3-c3ccc(N(c4ccc(-c5ccccc5)c(-c5ccccc5)c4)c4cccc5oc6ccccc6c45)cc3)C2C=C1. The molecule has 0 saturated carbocycles. The number of fused-ring (bicyclic) bond motifs is 6. The number of allylic oxidation sites excluding steroid dienone is 2. The predicted molar refractivity (Wildman–Crippen MR) is 238 cm³/mol. The summed E-state index contributed by atoms with van der Waals surface area (Å²) in [6, 6.07) is 70.0. The van der Waals surface area contributed by atoms with Crippen LogP contribution < -0.4 is 9.80 Å². The lowest BCUT2D eigenvalue weighted by Gasteiger charge is -2.31. The Morgan fingerprint density at radius 1 is 0.439 bits per heavy atom. The van der Waals surface area contributed by atoms with Gasteiger partial charge in [-0.25, -0.2) is 0 Å². The van der Waals surface area contributed by atoms with E-state index in [1.54, 1.807) is 0 Å². The summed E-state index contributed by atoms with van der Waals surface area (Å²) in [6.45, 7) is 0. The van der Waals surface area contributed by atoms with E-state index in [2.05, 4.69) is 222 Å². The zero-order chi connectivity index (χ0) is 37.7. The van der Waals surface area contributed by atoms with Gasteiger partial charge in [-0.2, -0.15) is 0 Å². The first-order valence-corrected chi connectivity index (χ1v) is 19.7. The van der Waals surface area contributed by atoms with Gasteiger partial charge in [0.2, 0.25) is 0 Å². The zero-order valence-electron chi connectivity index (χ0n) is 31.2. The molecular formula is C54H38N2O. The molecule has 0 amide bonds. The van der Waals surface area contributed by atoms with E-state index in [-0.39, 0.29) is 6.04 Å². The number of para-hydroxylation sites is 3. The minimum absolute atomic E-state index is 0.228. The van der Waals surface area contributed by atoms with Gasteiger partial charge in [0.1, 0.15) is 11.2 Å². The third-order valence-corrected chi connectivity index (χ3v) is 11.6. The molecule has 2 aliphatic rings. The average molecular weight is 731 g/mol. The van der Waals surface area contributed by atoms with Gasteiger partial charge in [0.25, 0.3) is 0 Å². The largest absolute Gasteiger partial charge is 0.456 e. The topological polar surface area (TPSA) is 19.6 Å². The van der Waals surface area contributed by atoms with Crippen LogP contribution in [0.4, 0.5) is 28.4 Å². The van der Waals surface area contributed by atoms with Crippen LogP contribution >= 0.6 is 0 Å². The molecule has 0 N–H and O–H groups in total. The summed E-state index contributed by atoms with van der Waals surface area (Å²) < 4.78 is 6.45. The fourth-order valence-electron chi connectivity index (χ4n) is 9.05. The molecule has 0 spiro atoms. The molecule has 57 heavy (non-hydrogen) atoms. The highest BCUT2D eigenvalue weighted by atomic mass is 16.3. The Labute approximate surface area is 332 Å². The van der Waals surface area contributed by atoms with Crippen molar-refractivity contribution in [3.05, 3.63) is 224 Å². The molecule has 8 aromatic carbocycles. The highest BCUT2D eigenvalue weighted by molar-refractivity contribution is 6.13. The van der Waals surface area contributed by atoms with E-state index in [0.29, 0.717) is 5.92 Å². The van der Waals surface area contributed by atoms with Crippen LogP contribution in [0.2, 0.25) is 0 Å². The summed E-state index contributed by atoms with van der Waals surface area (Å²) in [4.78, 5) is 4.92. The number of furan rings is 1. The fraction of sp³-hybridized carbons (Fsp3) is 0.0370. The van der Waals surface area contributed by atoms with Gasteiger partial charge in [-0.05, 0) is 88.0 Å². The second-order valence-corrected chi connectivity index (χ2v) is 14.8. The van der Waals surface area contributed by atoms with Crippen LogP contribution in [0.25, 0.3) is 55.3 Å². The Hall–Kier alpha value is -7.36. The van der Waals surface area contributed by atoms with Gasteiger partial charge in [-0.3, -0.25) is 0 Å². The smallest absolute Gasteiger partial charge is 0.137 e. The van der Waals surface area contributed by atoms with Crippen LogP contribution in [0, 0.1) is 0 Å². The summed E-state index contributed by atoms with van der Waals surface area (Å²) >= 11 is 0. The van der Waals surface area contributed by atoms with Gasteiger partial charge in [-0.15, -0.1) is 0 Å². The molecule has 1 aromatic heterocycles. The lowest BCUT2D eigenvalue weighted by Crippen LogP contribution is -2.28. The van der Waals surface area contributed by atoms with E-state index in [0.717, 1.165) is 39.0 Å². The van der Waals surface area contributed by atoms with Crippen molar-refractivity contribution >= 4 is 50.4 Å². The molecule has 9 aromatic rings. The first-order valence-electron chi connectivity index (χ1n) is 19.7. The number of nitrogens with zero attached hydrogens (tertiary/aromatic N) is 2. The number of benzene rings is 8. The molecule has 3 heteroatoms. The van der Waals surface area contributed by atoms with Crippen molar-refractivity contribution in [3.8, 4) is 33.4 Å². The summed E-state index contributed by atoms with van der Waals surface area (Å²) in [7, 11) is 0. The van der Waals surface area contributed by atoms with E-state index >= 15 is 0 Å². The van der Waals surface area contributed by atoms with Gasteiger partial charge in [0, 0.05) is 39.6 Å². The van der Waals surface area contributed by atoms with Gasteiger partial charge in [0.15, 0.2) is 0 Å². The fourth-order valence-corrected chi connectivity index (χ4v) is 9.05. The summed E-state index contributed by atoms with van der Waals surface area (Å²) in [6.07, 6.45) is 9.05. The van der Waals surface area contributed by atoms with Crippen molar-refractivity contribution in [2.75, 3.05) is 9.80 Å². The molecule has 0 radical (unpaired) electrons. The van der Waals surface area contributed by atoms with Gasteiger partial charge >= 0.3 is 0 Å². The van der Waals surface area contributed by atoms with Crippen LogP contribution in [-0.2, 0) is 0 Å². The lowest BCUT2D eigenvalue weighted by molar-refractivity contribution is 0.669. The van der Waals surface area contributed by atoms with Crippen LogP contribution in [0.3, 0.4) is 0 Å². The van der Waals surface area contributed by atoms with Gasteiger partial charge < -0.3 is 14.2 Å². The number of rotatable bonds is 7. The van der Waals surface area contributed by atoms with Crippen molar-refractivity contribution < 1.29 is 4.42 Å². The van der Waals surface area contributed by atoms with Crippen molar-refractivity contribution in [3.63, 3.8) is 0 Å². The monoisotopic (exact) mass is 730 g/mol. The molecule has 1 aliphatic heterocycles. The Morgan fingerprint density at radius 2 is 1.07 bits per heavy atom. The van der Waals surface area contributed by atoms with Crippen LogP contribution in [-0.4, -0.2) is 6.04 Å². The summed E-state index contributed by atoms with van der Waals surface area (Å²) in [5, 5.41) is 2.19. The van der Waals surface area contributed by atoms with E-state index < -0.39 is 0 Å². The Bertz CT molecular complexity index is 2980. The van der Waals surface area contributed by atoms with Crippen LogP contribution in [0.15, 0.2) is 223 Å². The molecule has 0 bridgehead atoms. The standard InChI is InChI=1S/C54H38N2O/c1-3-16-37(17-4-1)42-35-34-41(36-47(42)38-18-5-2-6-19-38)55(51-27-15-29-53-54(51)46-23-10-14-28-52(46)57-53)40-32-30-39(31-33-40)43-20-7-11-24-48(43)56-49-25-12-8-21-44(49)45-22-9-13-26-50(45)56/h1-36,44,49H. The molecule has 0 saturated heterocycles. The van der Waals surface area contributed by atoms with E-state index in [4.69, 9.17) is 4.42 Å². The third kappa shape index (κ3) is 5.58. The second-order valence-electron chi connectivity index (χ2n) is 14.8. The third-order valence-electron chi connectivity index (χ3n) is 11.6. The molecule has 0 fully saturated rings. The highest BCUT2D eigenvalue weighted by Crippen LogP contribution is 2.50. The molecular weight excluding hydrogens is 693 g/mol. The van der Waals surface area contributed by atoms with Gasteiger partial charge in [0.05, 0.1) is 17.1 Å². The van der Waals surface area contributed by atoms with Crippen LogP contribution in [0.5, 0.6) is 0 Å². The maximum Gasteiger partial charge on any atom is 0.137 e. The van der Waals surface area contributed by atoms with Gasteiger partial charge in [-0.1, -0.05) is 164 Å². The first-order chi connectivity index (χ1) is 28.3. The Balaban J connectivity index is 1.08. The highest BCUT2D eigenvalue weighted by Gasteiger charge is 2.37. The molecule has 2 unspecified atom stereocenters. The maximum absolute atomic E-state index is 6.45. The second kappa shape index (κ2) is 13.7. The zero-order valence-corrected chi connectivity index (χ0v) is 31.2. The molecule has 11 rings (SSSR count). The number of anilines is 5. The molecule has 1 aliphatic carbocycles. The first kappa shape index (κ1) is 33.0. The average Bonchev–Trinajstić information content (AvgIpc) is 3.84. The van der Waals surface area contributed by atoms with E-state index in [1.165, 1.54) is 50.3 Å². The molecule has 2 atom stereocenters. The molecule has 2 heterocycles. The van der Waals surface area contributed by atoms with Crippen molar-refractivity contribution in [2.45, 2.75) is 12.0 Å². The molecule has 3 nitrogen and oxygen atoms in total. The normalized spacial score (nSPS) is 15.5. The number of hydrogen-bond donors (Lipinski definition) is 0. The van der Waals surface area contributed by atoms with Crippen LogP contribution in [0.1, 0.15) is 11.5 Å². The predicted octanol–water partition coefficient (Wildman–Crippen LogP) is 14.8. The van der Waals surface area contributed by atoms with E-state index in [1.807, 2.05) is 6.07 Å². The Morgan fingerprint density at radius 3 is 1.89 bits per heavy atom. The minimum atomic E-state index is 0.228. The maximum atomic E-state index is 6.45. The lowest BCUT2D eigenvalue weighted by atomic mass is 9.91. The summed E-state index contributed by atoms with van der Waals surface area (Å²) in [5.74, 6) is 0.325. The summed E-state index contributed by atoms with van der Waals surface area (Å²) in [5.41, 5.74) is 15.9. The minimum Gasteiger partial charge on any atom is -0.456 e. The van der Waals surface area contributed by atoms with Crippen molar-refractivity contribution in [1.82, 2.24) is 0 Å². The van der Waals surface area contributed by atoms with E-state index in [9.17, 15) is 0 Å². The van der Waals surface area contributed by atoms with Crippen molar-refractivity contribution in [1.29, 1.82) is 0 Å². The Kier molecular flexibility index (Phi) is 7.96. The number of hydrogen-bond acceptors (Lipinski definition) is 3.